The molecule has 2 aromatic carbocycles. The second-order valence-corrected chi connectivity index (χ2v) is 8.95. The zero-order valence-electron chi connectivity index (χ0n) is 17.7. The first-order valence-corrected chi connectivity index (χ1v) is 11.1. The van der Waals surface area contributed by atoms with E-state index in [9.17, 15) is 14.4 Å². The number of carbonyl (C=O) groups excluding carboxylic acids is 3. The normalized spacial score (nSPS) is 28.2. The minimum atomic E-state index is -0.618. The van der Waals surface area contributed by atoms with Gasteiger partial charge in [0.1, 0.15) is 0 Å². The highest BCUT2D eigenvalue weighted by atomic mass is 16.5. The summed E-state index contributed by atoms with van der Waals surface area (Å²) < 4.78 is 5.23. The molecule has 0 N–H and O–H groups in total. The van der Waals surface area contributed by atoms with Crippen LogP contribution in [0.15, 0.2) is 60.7 Å². The van der Waals surface area contributed by atoms with Gasteiger partial charge in [-0.05, 0) is 66.5 Å². The van der Waals surface area contributed by atoms with E-state index in [4.69, 9.17) is 4.74 Å². The Bertz CT molecular complexity index is 1100. The number of ether oxygens (including phenoxy) is 1. The number of rotatable bonds is 4. The van der Waals surface area contributed by atoms with Gasteiger partial charge >= 0.3 is 5.97 Å². The van der Waals surface area contributed by atoms with Gasteiger partial charge in [0, 0.05) is 23.7 Å². The maximum absolute atomic E-state index is 13.5. The maximum Gasteiger partial charge on any atom is 0.305 e. The predicted octanol–water partition coefficient (Wildman–Crippen LogP) is 4.10. The molecule has 0 radical (unpaired) electrons. The quantitative estimate of drug-likeness (QED) is 0.707. The van der Waals surface area contributed by atoms with Crippen LogP contribution in [0.3, 0.4) is 0 Å². The lowest BCUT2D eigenvalue weighted by molar-refractivity contribution is -0.144. The third-order valence-corrected chi connectivity index (χ3v) is 7.47. The van der Waals surface area contributed by atoms with Crippen molar-refractivity contribution in [1.29, 1.82) is 0 Å². The van der Waals surface area contributed by atoms with Crippen LogP contribution in [0.1, 0.15) is 47.9 Å². The molecule has 0 aromatic heterocycles. The summed E-state index contributed by atoms with van der Waals surface area (Å²) in [6.07, 6.45) is 5.01. The van der Waals surface area contributed by atoms with E-state index >= 15 is 0 Å². The fraction of sp³-hybridized carbons (Fsp3) is 0.370. The highest BCUT2D eigenvalue weighted by Gasteiger charge is 2.57. The van der Waals surface area contributed by atoms with E-state index in [1.54, 1.807) is 6.92 Å². The Balaban J connectivity index is 1.77. The number of allylic oxidation sites excluding steroid dienone is 2. The smallest absolute Gasteiger partial charge is 0.305 e. The van der Waals surface area contributed by atoms with Crippen molar-refractivity contribution in [3.63, 3.8) is 0 Å². The fourth-order valence-electron chi connectivity index (χ4n) is 6.32. The molecule has 3 aliphatic rings. The van der Waals surface area contributed by atoms with Gasteiger partial charge in [-0.25, -0.2) is 0 Å². The minimum Gasteiger partial charge on any atom is -0.466 e. The summed E-state index contributed by atoms with van der Waals surface area (Å²) in [5.41, 5.74) is 4.03. The summed E-state index contributed by atoms with van der Waals surface area (Å²) >= 11 is 0. The van der Waals surface area contributed by atoms with Crippen LogP contribution in [0.25, 0.3) is 0 Å². The summed E-state index contributed by atoms with van der Waals surface area (Å²) in [4.78, 5) is 39.1. The molecule has 3 aliphatic carbocycles. The van der Waals surface area contributed by atoms with Crippen LogP contribution >= 0.6 is 0 Å². The van der Waals surface area contributed by atoms with Crippen LogP contribution in [0, 0.1) is 11.8 Å². The predicted molar refractivity (Wildman–Crippen MR) is 117 cm³/mol. The molecule has 0 heterocycles. The summed E-state index contributed by atoms with van der Waals surface area (Å²) in [5, 5.41) is 0. The third-order valence-electron chi connectivity index (χ3n) is 7.47. The lowest BCUT2D eigenvalue weighted by Gasteiger charge is -2.43. The van der Waals surface area contributed by atoms with Gasteiger partial charge in [-0.2, -0.15) is 0 Å². The molecule has 0 fully saturated rings. The standard InChI is InChI=1S/C27H26O4/c1-2-31-24(30)13-14-27-16-18-8-3-5-9-19(18)20(15-17-7-4-6-10-21(17)27)25-22(28)11-12-23(29)26(25)27/h3-12,20,25-26H,2,13-16H2,1H3. The molecule has 0 saturated heterocycles. The van der Waals surface area contributed by atoms with Crippen LogP contribution in [0.5, 0.6) is 0 Å². The van der Waals surface area contributed by atoms with Gasteiger partial charge in [0.15, 0.2) is 11.6 Å². The lowest BCUT2D eigenvalue weighted by atomic mass is 9.58. The van der Waals surface area contributed by atoms with Crippen LogP contribution in [0.2, 0.25) is 0 Å². The van der Waals surface area contributed by atoms with Crippen LogP contribution in [-0.4, -0.2) is 24.1 Å². The largest absolute Gasteiger partial charge is 0.466 e. The highest BCUT2D eigenvalue weighted by Crippen LogP contribution is 2.56. The molecule has 5 rings (SSSR count). The number of hydrogen-bond acceptors (Lipinski definition) is 4. The van der Waals surface area contributed by atoms with Gasteiger partial charge in [-0.15, -0.1) is 0 Å². The van der Waals surface area contributed by atoms with Crippen molar-refractivity contribution < 1.29 is 19.1 Å². The van der Waals surface area contributed by atoms with Gasteiger partial charge in [0.2, 0.25) is 0 Å². The van der Waals surface area contributed by atoms with E-state index in [1.165, 1.54) is 28.8 Å². The van der Waals surface area contributed by atoms with E-state index in [2.05, 4.69) is 24.3 Å². The van der Waals surface area contributed by atoms with Crippen molar-refractivity contribution in [2.45, 2.75) is 43.9 Å². The van der Waals surface area contributed by atoms with E-state index in [-0.39, 0.29) is 29.9 Å². The van der Waals surface area contributed by atoms with E-state index in [0.29, 0.717) is 19.4 Å². The number of carbonyl (C=O) groups is 3. The van der Waals surface area contributed by atoms with Crippen molar-refractivity contribution in [1.82, 2.24) is 0 Å². The molecule has 4 unspecified atom stereocenters. The Hall–Kier alpha value is -3.01. The van der Waals surface area contributed by atoms with Crippen molar-refractivity contribution in [3.8, 4) is 0 Å². The summed E-state index contributed by atoms with van der Waals surface area (Å²) in [5.74, 6) is -1.15. The molecule has 4 nitrogen and oxygen atoms in total. The molecule has 0 amide bonds. The summed E-state index contributed by atoms with van der Waals surface area (Å²) in [6, 6.07) is 16.5. The molecule has 0 saturated carbocycles. The Morgan fingerprint density at radius 1 is 1.00 bits per heavy atom. The topological polar surface area (TPSA) is 60.4 Å². The Kier molecular flexibility index (Phi) is 4.88. The molecule has 31 heavy (non-hydrogen) atoms. The lowest BCUT2D eigenvalue weighted by Crippen LogP contribution is -2.48. The molecule has 2 bridgehead atoms. The van der Waals surface area contributed by atoms with Gasteiger partial charge in [-0.1, -0.05) is 48.5 Å². The van der Waals surface area contributed by atoms with Crippen molar-refractivity contribution in [3.05, 3.63) is 82.9 Å². The first kappa shape index (κ1) is 19.9. The molecule has 4 heteroatoms. The number of fused-ring (bicyclic) bond motifs is 4. The van der Waals surface area contributed by atoms with Crippen molar-refractivity contribution in [2.24, 2.45) is 11.8 Å². The Morgan fingerprint density at radius 2 is 1.71 bits per heavy atom. The van der Waals surface area contributed by atoms with Gasteiger partial charge in [0.05, 0.1) is 6.61 Å². The van der Waals surface area contributed by atoms with Crippen LogP contribution in [0.4, 0.5) is 0 Å². The molecule has 2 aromatic rings. The van der Waals surface area contributed by atoms with Crippen molar-refractivity contribution in [2.75, 3.05) is 6.61 Å². The average Bonchev–Trinajstić information content (AvgIpc) is 2.97. The zero-order valence-corrected chi connectivity index (χ0v) is 17.7. The van der Waals surface area contributed by atoms with Crippen LogP contribution in [-0.2, 0) is 37.4 Å². The first-order chi connectivity index (χ1) is 15.0. The van der Waals surface area contributed by atoms with Gasteiger partial charge in [0.25, 0.3) is 0 Å². The molecule has 4 atom stereocenters. The van der Waals surface area contributed by atoms with Crippen molar-refractivity contribution >= 4 is 17.5 Å². The maximum atomic E-state index is 13.5. The van der Waals surface area contributed by atoms with Crippen LogP contribution < -0.4 is 0 Å². The number of benzene rings is 2. The highest BCUT2D eigenvalue weighted by molar-refractivity contribution is 6.08. The second-order valence-electron chi connectivity index (χ2n) is 8.95. The molecule has 158 valence electrons. The van der Waals surface area contributed by atoms with E-state index in [0.717, 1.165) is 12.0 Å². The van der Waals surface area contributed by atoms with Gasteiger partial charge in [-0.3, -0.25) is 14.4 Å². The molecule has 0 spiro atoms. The molecule has 0 aliphatic heterocycles. The second kappa shape index (κ2) is 7.60. The number of hydrogen-bond donors (Lipinski definition) is 0. The average molecular weight is 415 g/mol. The Labute approximate surface area is 182 Å². The van der Waals surface area contributed by atoms with Gasteiger partial charge < -0.3 is 4.74 Å². The van der Waals surface area contributed by atoms with E-state index < -0.39 is 17.3 Å². The minimum absolute atomic E-state index is 0.00275. The van der Waals surface area contributed by atoms with E-state index in [1.807, 2.05) is 24.3 Å². The summed E-state index contributed by atoms with van der Waals surface area (Å²) in [7, 11) is 0. The third kappa shape index (κ3) is 3.08. The first-order valence-electron chi connectivity index (χ1n) is 11.1. The molecular formula is C27H26O4. The Morgan fingerprint density at radius 3 is 2.52 bits per heavy atom. The number of ketones is 2. The number of esters is 1. The summed E-state index contributed by atoms with van der Waals surface area (Å²) in [6.45, 7) is 2.13. The zero-order chi connectivity index (χ0) is 21.6. The molecular weight excluding hydrogens is 388 g/mol. The fourth-order valence-corrected chi connectivity index (χ4v) is 6.32. The SMILES string of the molecule is CCOC(=O)CCC12Cc3ccccc3C(Cc3ccccc31)C1C(=O)C=CC(=O)C12. The monoisotopic (exact) mass is 414 g/mol.